The first-order chi connectivity index (χ1) is 6.40. The molecule has 0 radical (unpaired) electrons. The van der Waals surface area contributed by atoms with Gasteiger partial charge in [0.25, 0.3) is 0 Å². The van der Waals surface area contributed by atoms with Gasteiger partial charge in [0.1, 0.15) is 12.1 Å². The standard InChI is InChI=1S/C6H7N7/c7-12-4-1-2-8-5(11-4)6-9-3-10-13-6/h1-3H,7H2,(H,8,11,12)(H,9,10,13). The third-order valence-electron chi connectivity index (χ3n) is 1.43. The molecular formula is C6H7N7. The molecule has 66 valence electrons. The molecule has 0 spiro atoms. The van der Waals surface area contributed by atoms with Crippen LogP contribution in [0.5, 0.6) is 0 Å². The molecule has 0 saturated heterocycles. The number of aromatic nitrogens is 5. The number of nitrogens with one attached hydrogen (secondary N) is 2. The molecule has 0 aliphatic heterocycles. The Hall–Kier alpha value is -2.02. The van der Waals surface area contributed by atoms with Crippen molar-refractivity contribution >= 4 is 5.82 Å². The molecule has 0 unspecified atom stereocenters. The summed E-state index contributed by atoms with van der Waals surface area (Å²) in [7, 11) is 0. The predicted molar refractivity (Wildman–Crippen MR) is 45.2 cm³/mol. The fourth-order valence-electron chi connectivity index (χ4n) is 0.866. The van der Waals surface area contributed by atoms with Crippen LogP contribution in [-0.4, -0.2) is 25.1 Å². The Bertz CT molecular complexity index is 382. The summed E-state index contributed by atoms with van der Waals surface area (Å²) in [6, 6.07) is 1.65. The number of hydrogen-bond donors (Lipinski definition) is 3. The number of nitrogen functional groups attached to an aromatic ring is 1. The average Bonchev–Trinajstić information content (AvgIpc) is 2.71. The van der Waals surface area contributed by atoms with Gasteiger partial charge in [0, 0.05) is 12.3 Å². The zero-order chi connectivity index (χ0) is 9.10. The number of nitrogens with zero attached hydrogens (tertiary/aromatic N) is 4. The minimum absolute atomic E-state index is 0.452. The van der Waals surface area contributed by atoms with Crippen molar-refractivity contribution in [2.75, 3.05) is 5.43 Å². The van der Waals surface area contributed by atoms with Gasteiger partial charge in [0.05, 0.1) is 0 Å². The van der Waals surface area contributed by atoms with Crippen molar-refractivity contribution in [3.8, 4) is 11.6 Å². The monoisotopic (exact) mass is 177 g/mol. The molecule has 0 fully saturated rings. The Morgan fingerprint density at radius 1 is 1.38 bits per heavy atom. The van der Waals surface area contributed by atoms with Gasteiger partial charge in [0.15, 0.2) is 11.6 Å². The molecule has 4 N–H and O–H groups in total. The van der Waals surface area contributed by atoms with Crippen LogP contribution in [0.15, 0.2) is 18.6 Å². The first-order valence-electron chi connectivity index (χ1n) is 3.55. The van der Waals surface area contributed by atoms with Crippen molar-refractivity contribution < 1.29 is 0 Å². The van der Waals surface area contributed by atoms with Crippen LogP contribution in [0, 0.1) is 0 Å². The molecule has 0 atom stereocenters. The summed E-state index contributed by atoms with van der Waals surface area (Å²) in [6.45, 7) is 0. The Morgan fingerprint density at radius 2 is 2.31 bits per heavy atom. The first kappa shape index (κ1) is 7.62. The lowest BCUT2D eigenvalue weighted by molar-refractivity contribution is 1.06. The van der Waals surface area contributed by atoms with Crippen molar-refractivity contribution in [2.24, 2.45) is 5.84 Å². The highest BCUT2D eigenvalue weighted by Gasteiger charge is 2.03. The average molecular weight is 177 g/mol. The van der Waals surface area contributed by atoms with Crippen molar-refractivity contribution in [2.45, 2.75) is 0 Å². The van der Waals surface area contributed by atoms with Crippen LogP contribution in [0.4, 0.5) is 5.82 Å². The quantitative estimate of drug-likeness (QED) is 0.423. The minimum Gasteiger partial charge on any atom is -0.308 e. The molecule has 0 bridgehead atoms. The summed E-state index contributed by atoms with van der Waals surface area (Å²) in [5, 5.41) is 6.34. The van der Waals surface area contributed by atoms with Gasteiger partial charge in [0.2, 0.25) is 0 Å². The zero-order valence-corrected chi connectivity index (χ0v) is 6.60. The largest absolute Gasteiger partial charge is 0.308 e. The van der Waals surface area contributed by atoms with Crippen molar-refractivity contribution in [1.29, 1.82) is 0 Å². The van der Waals surface area contributed by atoms with E-state index in [2.05, 4.69) is 30.6 Å². The molecule has 2 aromatic heterocycles. The summed E-state index contributed by atoms with van der Waals surface area (Å²) in [5.74, 6) is 6.68. The number of hydrazine groups is 1. The van der Waals surface area contributed by atoms with Crippen molar-refractivity contribution in [3.05, 3.63) is 18.6 Å². The lowest BCUT2D eigenvalue weighted by Crippen LogP contribution is -2.09. The molecule has 0 aliphatic carbocycles. The fourth-order valence-corrected chi connectivity index (χ4v) is 0.866. The van der Waals surface area contributed by atoms with Crippen LogP contribution >= 0.6 is 0 Å². The SMILES string of the molecule is NNc1ccnc(-c2ncn[nH]2)n1. The number of aromatic amines is 1. The topological polar surface area (TPSA) is 105 Å². The number of H-pyrrole nitrogens is 1. The second-order valence-corrected chi connectivity index (χ2v) is 2.24. The fraction of sp³-hybridized carbons (Fsp3) is 0. The molecule has 0 aromatic carbocycles. The third-order valence-corrected chi connectivity index (χ3v) is 1.43. The zero-order valence-electron chi connectivity index (χ0n) is 6.60. The highest BCUT2D eigenvalue weighted by atomic mass is 15.3. The third kappa shape index (κ3) is 1.44. The van der Waals surface area contributed by atoms with E-state index in [0.717, 1.165) is 0 Å². The van der Waals surface area contributed by atoms with Gasteiger partial charge < -0.3 is 5.43 Å². The van der Waals surface area contributed by atoms with Crippen LogP contribution in [0.3, 0.4) is 0 Å². The molecular weight excluding hydrogens is 170 g/mol. The summed E-state index contributed by atoms with van der Waals surface area (Å²) in [6.07, 6.45) is 2.97. The molecule has 7 nitrogen and oxygen atoms in total. The van der Waals surface area contributed by atoms with E-state index in [4.69, 9.17) is 5.84 Å². The van der Waals surface area contributed by atoms with E-state index in [1.165, 1.54) is 6.33 Å². The Labute approximate surface area is 73.4 Å². The summed E-state index contributed by atoms with van der Waals surface area (Å²) in [4.78, 5) is 11.9. The van der Waals surface area contributed by atoms with Crippen molar-refractivity contribution in [3.63, 3.8) is 0 Å². The lowest BCUT2D eigenvalue weighted by atomic mass is 10.5. The molecule has 2 heterocycles. The van der Waals surface area contributed by atoms with Crippen molar-refractivity contribution in [1.82, 2.24) is 25.1 Å². The molecule has 0 amide bonds. The molecule has 0 aliphatic rings. The second-order valence-electron chi connectivity index (χ2n) is 2.24. The van der Waals surface area contributed by atoms with E-state index < -0.39 is 0 Å². The maximum atomic E-state index is 5.19. The molecule has 0 saturated carbocycles. The number of rotatable bonds is 2. The first-order valence-corrected chi connectivity index (χ1v) is 3.55. The highest BCUT2D eigenvalue weighted by molar-refractivity contribution is 5.46. The lowest BCUT2D eigenvalue weighted by Gasteiger charge is -1.98. The van der Waals surface area contributed by atoms with E-state index >= 15 is 0 Å². The minimum atomic E-state index is 0.452. The van der Waals surface area contributed by atoms with Gasteiger partial charge in [-0.05, 0) is 0 Å². The summed E-state index contributed by atoms with van der Waals surface area (Å²) >= 11 is 0. The number of nitrogens with two attached hydrogens (primary N) is 1. The Balaban J connectivity index is 2.41. The second kappa shape index (κ2) is 3.15. The van der Waals surface area contributed by atoms with Gasteiger partial charge in [-0.2, -0.15) is 5.10 Å². The van der Waals surface area contributed by atoms with Gasteiger partial charge in [-0.1, -0.05) is 0 Å². The van der Waals surface area contributed by atoms with E-state index in [0.29, 0.717) is 17.5 Å². The van der Waals surface area contributed by atoms with Gasteiger partial charge in [-0.3, -0.25) is 5.10 Å². The smallest absolute Gasteiger partial charge is 0.199 e. The highest BCUT2D eigenvalue weighted by Crippen LogP contribution is 2.08. The summed E-state index contributed by atoms with van der Waals surface area (Å²) < 4.78 is 0. The van der Waals surface area contributed by atoms with Crippen LogP contribution in [0.1, 0.15) is 0 Å². The van der Waals surface area contributed by atoms with Crippen LogP contribution < -0.4 is 11.3 Å². The summed E-state index contributed by atoms with van der Waals surface area (Å²) in [5.41, 5.74) is 2.42. The van der Waals surface area contributed by atoms with Crippen LogP contribution in [-0.2, 0) is 0 Å². The van der Waals surface area contributed by atoms with E-state index in [1.807, 2.05) is 0 Å². The predicted octanol–water partition coefficient (Wildman–Crippen LogP) is -0.453. The Kier molecular flexibility index (Phi) is 1.85. The van der Waals surface area contributed by atoms with Gasteiger partial charge >= 0.3 is 0 Å². The Morgan fingerprint density at radius 3 is 3.00 bits per heavy atom. The maximum absolute atomic E-state index is 5.19. The number of anilines is 1. The van der Waals surface area contributed by atoms with Crippen LogP contribution in [0.2, 0.25) is 0 Å². The van der Waals surface area contributed by atoms with Gasteiger partial charge in [-0.25, -0.2) is 20.8 Å². The number of hydrogen-bond acceptors (Lipinski definition) is 6. The molecule has 2 aromatic rings. The maximum Gasteiger partial charge on any atom is 0.199 e. The van der Waals surface area contributed by atoms with Gasteiger partial charge in [-0.15, -0.1) is 0 Å². The normalized spacial score (nSPS) is 9.92. The molecule has 7 heteroatoms. The van der Waals surface area contributed by atoms with E-state index in [9.17, 15) is 0 Å². The molecule has 2 rings (SSSR count). The molecule has 13 heavy (non-hydrogen) atoms. The van der Waals surface area contributed by atoms with Crippen LogP contribution in [0.25, 0.3) is 11.6 Å². The van der Waals surface area contributed by atoms with E-state index in [-0.39, 0.29) is 0 Å². The van der Waals surface area contributed by atoms with E-state index in [1.54, 1.807) is 12.3 Å².